The van der Waals surface area contributed by atoms with Crippen LogP contribution < -0.4 is 10.9 Å². The molecule has 9 heteroatoms. The van der Waals surface area contributed by atoms with Gasteiger partial charge in [-0.3, -0.25) is 14.6 Å². The number of amides is 1. The van der Waals surface area contributed by atoms with Gasteiger partial charge in [0.25, 0.3) is 5.56 Å². The van der Waals surface area contributed by atoms with E-state index < -0.39 is 0 Å². The molecular weight excluding hydrogens is 394 g/mol. The molecule has 0 spiro atoms. The molecule has 0 fully saturated rings. The minimum Gasteiger partial charge on any atom is -0.310 e. The summed E-state index contributed by atoms with van der Waals surface area (Å²) in [6.45, 7) is 7.88. The van der Waals surface area contributed by atoms with E-state index in [1.54, 1.807) is 10.7 Å². The maximum Gasteiger partial charge on any atom is 0.263 e. The smallest absolute Gasteiger partial charge is 0.263 e. The largest absolute Gasteiger partial charge is 0.310 e. The number of aromatic nitrogens is 6. The van der Waals surface area contributed by atoms with Crippen LogP contribution in [0.2, 0.25) is 0 Å². The molecule has 3 aromatic heterocycles. The van der Waals surface area contributed by atoms with Crippen LogP contribution in [-0.2, 0) is 4.79 Å². The zero-order valence-electron chi connectivity index (χ0n) is 18.1. The zero-order chi connectivity index (χ0) is 22.1. The second kappa shape index (κ2) is 8.17. The number of nitrogens with one attached hydrogen (secondary N) is 2. The van der Waals surface area contributed by atoms with Crippen molar-refractivity contribution in [2.24, 2.45) is 0 Å². The molecule has 1 amide bonds. The molecule has 3 heterocycles. The summed E-state index contributed by atoms with van der Waals surface area (Å²) in [6.07, 6.45) is 3.66. The van der Waals surface area contributed by atoms with Gasteiger partial charge in [-0.25, -0.2) is 4.68 Å². The third kappa shape index (κ3) is 3.86. The SMILES string of the molecule is CCCCC(=O)Nc1cc(C)nn1-c1nc2c(cnn2-c2cccc(C)c2C)c(=O)[nH]1. The number of hydrogen-bond donors (Lipinski definition) is 2. The molecule has 0 aliphatic rings. The molecule has 31 heavy (non-hydrogen) atoms. The standard InChI is InChI=1S/C22H25N7O2/c1-5-6-10-19(30)24-18-11-14(3)27-29(18)22-25-20-16(21(31)26-22)12-23-28(20)17-9-7-8-13(2)15(17)4/h7-9,11-12H,5-6,10H2,1-4H3,(H,24,30)(H,25,26,31). The van der Waals surface area contributed by atoms with E-state index in [9.17, 15) is 9.59 Å². The van der Waals surface area contributed by atoms with Crippen LogP contribution in [0, 0.1) is 20.8 Å². The normalized spacial score (nSPS) is 11.2. The maximum absolute atomic E-state index is 12.8. The Balaban J connectivity index is 1.83. The lowest BCUT2D eigenvalue weighted by Gasteiger charge is -2.10. The number of aryl methyl sites for hydroxylation is 2. The van der Waals surface area contributed by atoms with Crippen molar-refractivity contribution in [1.29, 1.82) is 0 Å². The Bertz CT molecular complexity index is 1330. The third-order valence-corrected chi connectivity index (χ3v) is 5.29. The number of carbonyl (C=O) groups excluding carboxylic acids is 1. The van der Waals surface area contributed by atoms with E-state index in [4.69, 9.17) is 0 Å². The fourth-order valence-corrected chi connectivity index (χ4v) is 3.44. The van der Waals surface area contributed by atoms with Crippen LogP contribution in [0.4, 0.5) is 5.82 Å². The van der Waals surface area contributed by atoms with Crippen LogP contribution in [-0.4, -0.2) is 35.4 Å². The monoisotopic (exact) mass is 419 g/mol. The predicted octanol–water partition coefficient (Wildman–Crippen LogP) is 3.35. The quantitative estimate of drug-likeness (QED) is 0.498. The minimum absolute atomic E-state index is 0.105. The molecule has 160 valence electrons. The molecule has 0 bridgehead atoms. The van der Waals surface area contributed by atoms with Gasteiger partial charge in [-0.15, -0.1) is 0 Å². The van der Waals surface area contributed by atoms with Crippen LogP contribution >= 0.6 is 0 Å². The van der Waals surface area contributed by atoms with E-state index in [0.29, 0.717) is 29.0 Å². The van der Waals surface area contributed by atoms with Crippen molar-refractivity contribution in [2.45, 2.75) is 47.0 Å². The van der Waals surface area contributed by atoms with Crippen LogP contribution in [0.3, 0.4) is 0 Å². The maximum atomic E-state index is 12.8. The summed E-state index contributed by atoms with van der Waals surface area (Å²) in [6, 6.07) is 7.65. The minimum atomic E-state index is -0.326. The fourth-order valence-electron chi connectivity index (χ4n) is 3.44. The lowest BCUT2D eigenvalue weighted by atomic mass is 10.1. The van der Waals surface area contributed by atoms with Crippen molar-refractivity contribution in [2.75, 3.05) is 5.32 Å². The van der Waals surface area contributed by atoms with Crippen molar-refractivity contribution in [1.82, 2.24) is 29.5 Å². The molecule has 0 saturated heterocycles. The Morgan fingerprint density at radius 2 is 2.00 bits per heavy atom. The van der Waals surface area contributed by atoms with Gasteiger partial charge in [-0.2, -0.15) is 19.9 Å². The molecule has 0 aliphatic heterocycles. The Hall–Kier alpha value is -3.75. The molecule has 4 aromatic rings. The number of fused-ring (bicyclic) bond motifs is 1. The fraction of sp³-hybridized carbons (Fsp3) is 0.318. The average Bonchev–Trinajstić information content (AvgIpc) is 3.32. The van der Waals surface area contributed by atoms with E-state index in [2.05, 4.69) is 25.5 Å². The summed E-state index contributed by atoms with van der Waals surface area (Å²) >= 11 is 0. The summed E-state index contributed by atoms with van der Waals surface area (Å²) in [4.78, 5) is 32.4. The van der Waals surface area contributed by atoms with E-state index in [1.807, 2.05) is 45.9 Å². The van der Waals surface area contributed by atoms with E-state index in [0.717, 1.165) is 29.7 Å². The molecule has 0 unspecified atom stereocenters. The van der Waals surface area contributed by atoms with Crippen LogP contribution in [0.25, 0.3) is 22.7 Å². The van der Waals surface area contributed by atoms with Crippen LogP contribution in [0.5, 0.6) is 0 Å². The van der Waals surface area contributed by atoms with Crippen LogP contribution in [0.1, 0.15) is 43.0 Å². The summed E-state index contributed by atoms with van der Waals surface area (Å²) in [5, 5.41) is 12.1. The van der Waals surface area contributed by atoms with E-state index in [1.165, 1.54) is 10.9 Å². The average molecular weight is 419 g/mol. The Morgan fingerprint density at radius 3 is 2.77 bits per heavy atom. The van der Waals surface area contributed by atoms with Gasteiger partial charge in [0, 0.05) is 12.5 Å². The second-order valence-corrected chi connectivity index (χ2v) is 7.64. The van der Waals surface area contributed by atoms with Gasteiger partial charge in [0.15, 0.2) is 5.65 Å². The van der Waals surface area contributed by atoms with Gasteiger partial charge in [0.1, 0.15) is 11.2 Å². The van der Waals surface area contributed by atoms with Crippen molar-refractivity contribution in [3.05, 3.63) is 57.6 Å². The Kier molecular flexibility index (Phi) is 5.41. The number of rotatable bonds is 6. The lowest BCUT2D eigenvalue weighted by Crippen LogP contribution is -2.19. The van der Waals surface area contributed by atoms with E-state index in [-0.39, 0.29) is 17.4 Å². The molecule has 1 aromatic carbocycles. The number of aromatic amines is 1. The first-order valence-corrected chi connectivity index (χ1v) is 10.3. The Labute approximate surface area is 179 Å². The summed E-state index contributed by atoms with van der Waals surface area (Å²) in [5.41, 5.74) is 3.80. The zero-order valence-corrected chi connectivity index (χ0v) is 18.1. The highest BCUT2D eigenvalue weighted by atomic mass is 16.1. The van der Waals surface area contributed by atoms with Crippen LogP contribution in [0.15, 0.2) is 35.3 Å². The molecule has 9 nitrogen and oxygen atoms in total. The highest BCUT2D eigenvalue weighted by molar-refractivity contribution is 5.90. The van der Waals surface area contributed by atoms with Gasteiger partial charge in [-0.1, -0.05) is 25.5 Å². The second-order valence-electron chi connectivity index (χ2n) is 7.64. The van der Waals surface area contributed by atoms with Gasteiger partial charge < -0.3 is 5.32 Å². The highest BCUT2D eigenvalue weighted by Gasteiger charge is 2.17. The summed E-state index contributed by atoms with van der Waals surface area (Å²) in [7, 11) is 0. The van der Waals surface area contributed by atoms with Crippen molar-refractivity contribution >= 4 is 22.8 Å². The van der Waals surface area contributed by atoms with Gasteiger partial charge in [-0.05, 0) is 44.4 Å². The summed E-state index contributed by atoms with van der Waals surface area (Å²) < 4.78 is 3.10. The summed E-state index contributed by atoms with van der Waals surface area (Å²) in [5.74, 6) is 0.564. The number of unbranched alkanes of at least 4 members (excludes halogenated alkanes) is 1. The molecule has 0 saturated carbocycles. The molecular formula is C22H25N7O2. The first kappa shape index (κ1) is 20.5. The van der Waals surface area contributed by atoms with Crippen molar-refractivity contribution in [3.8, 4) is 11.6 Å². The number of carbonyl (C=O) groups is 1. The van der Waals surface area contributed by atoms with Gasteiger partial charge >= 0.3 is 0 Å². The number of benzene rings is 1. The Morgan fingerprint density at radius 1 is 1.19 bits per heavy atom. The molecule has 4 rings (SSSR count). The van der Waals surface area contributed by atoms with E-state index >= 15 is 0 Å². The lowest BCUT2D eigenvalue weighted by molar-refractivity contribution is -0.116. The number of nitrogens with zero attached hydrogens (tertiary/aromatic N) is 5. The molecule has 0 radical (unpaired) electrons. The first-order chi connectivity index (χ1) is 14.9. The topological polar surface area (TPSA) is 110 Å². The van der Waals surface area contributed by atoms with Crippen molar-refractivity contribution < 1.29 is 4.79 Å². The first-order valence-electron chi connectivity index (χ1n) is 10.3. The molecule has 0 atom stereocenters. The third-order valence-electron chi connectivity index (χ3n) is 5.29. The van der Waals surface area contributed by atoms with Crippen molar-refractivity contribution in [3.63, 3.8) is 0 Å². The van der Waals surface area contributed by atoms with Gasteiger partial charge in [0.2, 0.25) is 11.9 Å². The number of hydrogen-bond acceptors (Lipinski definition) is 5. The van der Waals surface area contributed by atoms with Gasteiger partial charge in [0.05, 0.1) is 17.6 Å². The molecule has 2 N–H and O–H groups in total. The highest BCUT2D eigenvalue weighted by Crippen LogP contribution is 2.21. The predicted molar refractivity (Wildman–Crippen MR) is 119 cm³/mol. The number of H-pyrrole nitrogens is 1. The molecule has 0 aliphatic carbocycles. The number of anilines is 1.